The van der Waals surface area contributed by atoms with Gasteiger partial charge < -0.3 is 15.3 Å². The van der Waals surface area contributed by atoms with E-state index < -0.39 is 29.7 Å². The van der Waals surface area contributed by atoms with E-state index >= 15 is 0 Å². The second-order valence-corrected chi connectivity index (χ2v) is 4.91. The average Bonchev–Trinajstić information content (AvgIpc) is 2.75. The molecule has 1 aliphatic rings. The number of carboxylic acid groups (broad SMARTS) is 1. The molecule has 8 heteroatoms. The SMILES string of the molecule is O=C(O)C1CSCN1C(=O)Nc1cc(F)cc(F)c1. The molecule has 19 heavy (non-hydrogen) atoms. The third kappa shape index (κ3) is 3.14. The largest absolute Gasteiger partial charge is 0.480 e. The van der Waals surface area contributed by atoms with Crippen molar-refractivity contribution in [1.82, 2.24) is 4.90 Å². The van der Waals surface area contributed by atoms with Gasteiger partial charge >= 0.3 is 12.0 Å². The first kappa shape index (κ1) is 13.6. The lowest BCUT2D eigenvalue weighted by Gasteiger charge is -2.20. The lowest BCUT2D eigenvalue weighted by Crippen LogP contribution is -2.43. The molecular formula is C11H10F2N2O3S. The summed E-state index contributed by atoms with van der Waals surface area (Å²) < 4.78 is 25.9. The van der Waals surface area contributed by atoms with Gasteiger partial charge in [0.1, 0.15) is 17.7 Å². The normalized spacial score (nSPS) is 18.4. The second-order valence-electron chi connectivity index (χ2n) is 3.91. The van der Waals surface area contributed by atoms with Gasteiger partial charge in [-0.05, 0) is 12.1 Å². The fourth-order valence-electron chi connectivity index (χ4n) is 1.67. The molecule has 1 saturated heterocycles. The zero-order valence-electron chi connectivity index (χ0n) is 9.60. The van der Waals surface area contributed by atoms with Crippen molar-refractivity contribution < 1.29 is 23.5 Å². The Morgan fingerprint density at radius 1 is 1.32 bits per heavy atom. The minimum atomic E-state index is -1.11. The van der Waals surface area contributed by atoms with Crippen LogP contribution in [0.1, 0.15) is 0 Å². The van der Waals surface area contributed by atoms with Gasteiger partial charge in [-0.1, -0.05) is 0 Å². The van der Waals surface area contributed by atoms with Crippen LogP contribution in [0.5, 0.6) is 0 Å². The number of hydrogen-bond donors (Lipinski definition) is 2. The van der Waals surface area contributed by atoms with Crippen LogP contribution in [0.4, 0.5) is 19.3 Å². The number of thioether (sulfide) groups is 1. The number of aliphatic carboxylic acids is 1. The number of nitrogens with zero attached hydrogens (tertiary/aromatic N) is 1. The fraction of sp³-hybridized carbons (Fsp3) is 0.273. The maximum absolute atomic E-state index is 13.0. The Hall–Kier alpha value is -1.83. The summed E-state index contributed by atoms with van der Waals surface area (Å²) in [5.41, 5.74) is -0.0523. The predicted octanol–water partition coefficient (Wildman–Crippen LogP) is 1.96. The lowest BCUT2D eigenvalue weighted by atomic mass is 10.3. The molecule has 1 unspecified atom stereocenters. The molecule has 2 amide bonds. The first-order valence-corrected chi connectivity index (χ1v) is 6.47. The Labute approximate surface area is 111 Å². The summed E-state index contributed by atoms with van der Waals surface area (Å²) >= 11 is 1.30. The molecule has 2 N–H and O–H groups in total. The maximum Gasteiger partial charge on any atom is 0.327 e. The Morgan fingerprint density at radius 3 is 2.53 bits per heavy atom. The zero-order chi connectivity index (χ0) is 14.0. The highest BCUT2D eigenvalue weighted by molar-refractivity contribution is 7.99. The molecule has 1 heterocycles. The van der Waals surface area contributed by atoms with Gasteiger partial charge in [0.15, 0.2) is 0 Å². The third-order valence-electron chi connectivity index (χ3n) is 2.54. The molecule has 1 atom stereocenters. The highest BCUT2D eigenvalue weighted by Gasteiger charge is 2.34. The van der Waals surface area contributed by atoms with E-state index in [0.717, 1.165) is 17.0 Å². The quantitative estimate of drug-likeness (QED) is 0.872. The molecule has 0 spiro atoms. The van der Waals surface area contributed by atoms with Gasteiger partial charge in [0.25, 0.3) is 0 Å². The first-order valence-electron chi connectivity index (χ1n) is 5.31. The summed E-state index contributed by atoms with van der Waals surface area (Å²) in [6, 6.07) is 0.979. The Balaban J connectivity index is 2.10. The van der Waals surface area contributed by atoms with E-state index in [4.69, 9.17) is 5.11 Å². The number of carbonyl (C=O) groups is 2. The highest BCUT2D eigenvalue weighted by atomic mass is 32.2. The van der Waals surface area contributed by atoms with E-state index in [1.165, 1.54) is 11.8 Å². The number of anilines is 1. The monoisotopic (exact) mass is 288 g/mol. The van der Waals surface area contributed by atoms with Crippen LogP contribution < -0.4 is 5.32 Å². The summed E-state index contributed by atoms with van der Waals surface area (Å²) in [5.74, 6) is -2.23. The molecule has 2 rings (SSSR count). The van der Waals surface area contributed by atoms with Crippen LogP contribution in [-0.2, 0) is 4.79 Å². The highest BCUT2D eigenvalue weighted by Crippen LogP contribution is 2.22. The number of halogens is 2. The number of nitrogens with one attached hydrogen (secondary N) is 1. The molecule has 102 valence electrons. The summed E-state index contributed by atoms with van der Waals surface area (Å²) in [6.07, 6.45) is 0. The number of carbonyl (C=O) groups excluding carboxylic acids is 1. The Kier molecular flexibility index (Phi) is 3.89. The van der Waals surface area contributed by atoms with Crippen molar-refractivity contribution in [2.45, 2.75) is 6.04 Å². The summed E-state index contributed by atoms with van der Waals surface area (Å²) in [7, 11) is 0. The van der Waals surface area contributed by atoms with Crippen molar-refractivity contribution in [3.05, 3.63) is 29.8 Å². The van der Waals surface area contributed by atoms with Gasteiger partial charge in [0, 0.05) is 17.5 Å². The Bertz CT molecular complexity index is 506. The third-order valence-corrected chi connectivity index (χ3v) is 3.55. The molecule has 1 aliphatic heterocycles. The molecule has 1 aromatic carbocycles. The van der Waals surface area contributed by atoms with Gasteiger partial charge in [-0.15, -0.1) is 11.8 Å². The van der Waals surface area contributed by atoms with E-state index in [1.807, 2.05) is 0 Å². The molecule has 0 radical (unpaired) electrons. The molecule has 1 fully saturated rings. The molecule has 0 aliphatic carbocycles. The van der Waals surface area contributed by atoms with Crippen LogP contribution in [0.15, 0.2) is 18.2 Å². The van der Waals surface area contributed by atoms with Crippen molar-refractivity contribution in [2.75, 3.05) is 16.9 Å². The van der Waals surface area contributed by atoms with Crippen molar-refractivity contribution in [1.29, 1.82) is 0 Å². The average molecular weight is 288 g/mol. The number of benzene rings is 1. The Morgan fingerprint density at radius 2 is 1.95 bits per heavy atom. The summed E-state index contributed by atoms with van der Waals surface area (Å²) in [6.45, 7) is 0. The number of urea groups is 1. The van der Waals surface area contributed by atoms with E-state index in [0.29, 0.717) is 11.8 Å². The molecule has 1 aromatic rings. The van der Waals surface area contributed by atoms with E-state index in [2.05, 4.69) is 5.32 Å². The molecule has 0 bridgehead atoms. The second kappa shape index (κ2) is 5.43. The van der Waals surface area contributed by atoms with Crippen LogP contribution in [-0.4, -0.2) is 39.7 Å². The number of carboxylic acids is 1. The van der Waals surface area contributed by atoms with Gasteiger partial charge in [-0.25, -0.2) is 18.4 Å². The summed E-state index contributed by atoms with van der Waals surface area (Å²) in [4.78, 5) is 23.9. The number of hydrogen-bond acceptors (Lipinski definition) is 3. The molecule has 5 nitrogen and oxygen atoms in total. The van der Waals surface area contributed by atoms with Crippen LogP contribution >= 0.6 is 11.8 Å². The standard InChI is InChI=1S/C11H10F2N2O3S/c12-6-1-7(13)3-8(2-6)14-11(18)15-5-19-4-9(15)10(16)17/h1-3,9H,4-5H2,(H,14,18)(H,16,17). The van der Waals surface area contributed by atoms with Gasteiger partial charge in [-0.2, -0.15) is 0 Å². The topological polar surface area (TPSA) is 69.6 Å². The van der Waals surface area contributed by atoms with Gasteiger partial charge in [-0.3, -0.25) is 0 Å². The maximum atomic E-state index is 13.0. The van der Waals surface area contributed by atoms with Gasteiger partial charge in [0.05, 0.1) is 5.88 Å². The molecule has 0 saturated carbocycles. The molecule has 0 aromatic heterocycles. The van der Waals surface area contributed by atoms with Gasteiger partial charge in [0.2, 0.25) is 0 Å². The van der Waals surface area contributed by atoms with E-state index in [1.54, 1.807) is 0 Å². The van der Waals surface area contributed by atoms with Crippen LogP contribution in [0, 0.1) is 11.6 Å². The summed E-state index contributed by atoms with van der Waals surface area (Å²) in [5, 5.41) is 11.2. The zero-order valence-corrected chi connectivity index (χ0v) is 10.4. The van der Waals surface area contributed by atoms with Crippen LogP contribution in [0.25, 0.3) is 0 Å². The number of rotatable bonds is 2. The van der Waals surface area contributed by atoms with Crippen molar-refractivity contribution >= 4 is 29.4 Å². The van der Waals surface area contributed by atoms with Crippen LogP contribution in [0.2, 0.25) is 0 Å². The lowest BCUT2D eigenvalue weighted by molar-refractivity contribution is -0.140. The fourth-order valence-corrected chi connectivity index (χ4v) is 2.81. The van der Waals surface area contributed by atoms with E-state index in [9.17, 15) is 18.4 Å². The van der Waals surface area contributed by atoms with Crippen molar-refractivity contribution in [3.8, 4) is 0 Å². The minimum absolute atomic E-state index is 0.0523. The van der Waals surface area contributed by atoms with Crippen molar-refractivity contribution in [3.63, 3.8) is 0 Å². The number of amides is 2. The predicted molar refractivity (Wildman–Crippen MR) is 66.0 cm³/mol. The van der Waals surface area contributed by atoms with Crippen molar-refractivity contribution in [2.24, 2.45) is 0 Å². The smallest absolute Gasteiger partial charge is 0.327 e. The van der Waals surface area contributed by atoms with Crippen LogP contribution in [0.3, 0.4) is 0 Å². The minimum Gasteiger partial charge on any atom is -0.480 e. The van der Waals surface area contributed by atoms with E-state index in [-0.39, 0.29) is 11.6 Å². The first-order chi connectivity index (χ1) is 8.97. The molecular weight excluding hydrogens is 278 g/mol.